The minimum absolute atomic E-state index is 0.243. The van der Waals surface area contributed by atoms with Crippen molar-refractivity contribution in [2.45, 2.75) is 78.8 Å². The van der Waals surface area contributed by atoms with Crippen LogP contribution in [0.1, 0.15) is 67.2 Å². The van der Waals surface area contributed by atoms with E-state index in [0.29, 0.717) is 5.41 Å². The van der Waals surface area contributed by atoms with Crippen LogP contribution in [0.5, 0.6) is 0 Å². The second-order valence-electron chi connectivity index (χ2n) is 8.13. The molecule has 0 spiro atoms. The number of nitrogens with zero attached hydrogens (tertiary/aromatic N) is 1. The van der Waals surface area contributed by atoms with Gasteiger partial charge in [-0.3, -0.25) is 4.90 Å². The predicted molar refractivity (Wildman–Crippen MR) is 81.0 cm³/mol. The first-order valence-corrected chi connectivity index (χ1v) is 7.66. The lowest BCUT2D eigenvalue weighted by Crippen LogP contribution is -2.50. The maximum atomic E-state index is 3.68. The second-order valence-corrected chi connectivity index (χ2v) is 8.13. The molecule has 1 N–H and O–H groups in total. The van der Waals surface area contributed by atoms with E-state index in [9.17, 15) is 0 Å². The first-order chi connectivity index (χ1) is 8.17. The summed E-state index contributed by atoms with van der Waals surface area (Å²) < 4.78 is 0. The van der Waals surface area contributed by atoms with E-state index in [4.69, 9.17) is 0 Å². The molecule has 1 rings (SSSR count). The van der Waals surface area contributed by atoms with Crippen molar-refractivity contribution in [3.05, 3.63) is 0 Å². The average molecular weight is 254 g/mol. The zero-order valence-electron chi connectivity index (χ0n) is 13.5. The maximum Gasteiger partial charge on any atom is 0.0220 e. The van der Waals surface area contributed by atoms with Gasteiger partial charge < -0.3 is 5.32 Å². The highest BCUT2D eigenvalue weighted by atomic mass is 15.2. The third-order valence-electron chi connectivity index (χ3n) is 3.77. The van der Waals surface area contributed by atoms with Gasteiger partial charge in [-0.1, -0.05) is 27.2 Å². The Hall–Kier alpha value is -0.0800. The highest BCUT2D eigenvalue weighted by Gasteiger charge is 2.24. The Balaban J connectivity index is 2.42. The molecule has 0 aromatic heterocycles. The summed E-state index contributed by atoms with van der Waals surface area (Å²) in [7, 11) is 0. The molecule has 1 aliphatic rings. The number of piperidine rings is 1. The van der Waals surface area contributed by atoms with Crippen LogP contribution in [0.25, 0.3) is 0 Å². The lowest BCUT2D eigenvalue weighted by molar-refractivity contribution is 0.122. The van der Waals surface area contributed by atoms with E-state index in [-0.39, 0.29) is 5.54 Å². The Morgan fingerprint density at radius 1 is 1.06 bits per heavy atom. The molecule has 0 saturated carbocycles. The standard InChI is InChI=1S/C16H34N2/c1-15(2,3)10-12-18-11-8-7-9-14(18)13-17-16(4,5)6/h14,17H,7-13H2,1-6H3. The zero-order chi connectivity index (χ0) is 13.8. The van der Waals surface area contributed by atoms with E-state index in [0.717, 1.165) is 12.6 Å². The second kappa shape index (κ2) is 6.38. The van der Waals surface area contributed by atoms with Crippen molar-refractivity contribution >= 4 is 0 Å². The molecule has 0 radical (unpaired) electrons. The smallest absolute Gasteiger partial charge is 0.0220 e. The van der Waals surface area contributed by atoms with Crippen molar-refractivity contribution < 1.29 is 0 Å². The number of likely N-dealkylation sites (tertiary alicyclic amines) is 1. The van der Waals surface area contributed by atoms with Crippen molar-refractivity contribution in [3.63, 3.8) is 0 Å². The normalized spacial score (nSPS) is 23.3. The van der Waals surface area contributed by atoms with E-state index in [1.54, 1.807) is 0 Å². The fourth-order valence-electron chi connectivity index (χ4n) is 2.49. The number of hydrogen-bond donors (Lipinski definition) is 1. The van der Waals surface area contributed by atoms with Crippen LogP contribution in [0.15, 0.2) is 0 Å². The molecule has 2 nitrogen and oxygen atoms in total. The average Bonchev–Trinajstić information content (AvgIpc) is 2.22. The fraction of sp³-hybridized carbons (Fsp3) is 1.00. The highest BCUT2D eigenvalue weighted by molar-refractivity contribution is 4.83. The van der Waals surface area contributed by atoms with Gasteiger partial charge in [-0.15, -0.1) is 0 Å². The van der Waals surface area contributed by atoms with Gasteiger partial charge in [0.2, 0.25) is 0 Å². The Labute approximate surface area is 115 Å². The van der Waals surface area contributed by atoms with Gasteiger partial charge in [0.15, 0.2) is 0 Å². The lowest BCUT2D eigenvalue weighted by Gasteiger charge is -2.38. The summed E-state index contributed by atoms with van der Waals surface area (Å²) in [6.07, 6.45) is 5.46. The first kappa shape index (κ1) is 16.0. The molecule has 108 valence electrons. The summed E-state index contributed by atoms with van der Waals surface area (Å²) in [5.41, 5.74) is 0.701. The molecule has 1 aliphatic heterocycles. The van der Waals surface area contributed by atoms with Crippen LogP contribution in [0.4, 0.5) is 0 Å². The minimum atomic E-state index is 0.243. The maximum absolute atomic E-state index is 3.68. The molecular weight excluding hydrogens is 220 g/mol. The van der Waals surface area contributed by atoms with E-state index >= 15 is 0 Å². The Kier molecular flexibility index (Phi) is 5.67. The molecule has 1 saturated heterocycles. The SMILES string of the molecule is CC(C)(C)CCN1CCCCC1CNC(C)(C)C. The Morgan fingerprint density at radius 2 is 1.72 bits per heavy atom. The van der Waals surface area contributed by atoms with Gasteiger partial charge in [0.25, 0.3) is 0 Å². The highest BCUT2D eigenvalue weighted by Crippen LogP contribution is 2.23. The molecule has 0 bridgehead atoms. The van der Waals surface area contributed by atoms with Crippen LogP contribution in [-0.4, -0.2) is 36.1 Å². The van der Waals surface area contributed by atoms with Crippen molar-refractivity contribution in [1.82, 2.24) is 10.2 Å². The number of rotatable bonds is 4. The summed E-state index contributed by atoms with van der Waals surface area (Å²) in [5.74, 6) is 0. The molecular formula is C16H34N2. The third-order valence-corrected chi connectivity index (χ3v) is 3.77. The summed E-state index contributed by atoms with van der Waals surface area (Å²) in [6, 6.07) is 0.750. The van der Waals surface area contributed by atoms with Crippen LogP contribution in [-0.2, 0) is 0 Å². The Morgan fingerprint density at radius 3 is 2.28 bits per heavy atom. The van der Waals surface area contributed by atoms with Crippen LogP contribution in [0, 0.1) is 5.41 Å². The number of hydrogen-bond acceptors (Lipinski definition) is 2. The largest absolute Gasteiger partial charge is 0.311 e. The molecule has 1 fully saturated rings. The van der Waals surface area contributed by atoms with Crippen molar-refractivity contribution in [1.29, 1.82) is 0 Å². The van der Waals surface area contributed by atoms with Gasteiger partial charge in [0.05, 0.1) is 0 Å². The summed E-state index contributed by atoms with van der Waals surface area (Å²) in [6.45, 7) is 17.5. The van der Waals surface area contributed by atoms with E-state index < -0.39 is 0 Å². The molecule has 0 amide bonds. The van der Waals surface area contributed by atoms with Gasteiger partial charge in [-0.25, -0.2) is 0 Å². The van der Waals surface area contributed by atoms with Crippen molar-refractivity contribution in [2.75, 3.05) is 19.6 Å². The van der Waals surface area contributed by atoms with Crippen molar-refractivity contribution in [2.24, 2.45) is 5.41 Å². The van der Waals surface area contributed by atoms with Crippen LogP contribution < -0.4 is 5.32 Å². The van der Waals surface area contributed by atoms with Gasteiger partial charge in [0, 0.05) is 18.1 Å². The molecule has 18 heavy (non-hydrogen) atoms. The minimum Gasteiger partial charge on any atom is -0.311 e. The van der Waals surface area contributed by atoms with E-state index in [1.165, 1.54) is 38.8 Å². The molecule has 0 aromatic carbocycles. The molecule has 1 atom stereocenters. The molecule has 2 heteroatoms. The molecule has 0 aliphatic carbocycles. The topological polar surface area (TPSA) is 15.3 Å². The van der Waals surface area contributed by atoms with Crippen molar-refractivity contribution in [3.8, 4) is 0 Å². The lowest BCUT2D eigenvalue weighted by atomic mass is 9.91. The predicted octanol–water partition coefficient (Wildman–Crippen LogP) is 3.67. The molecule has 0 aromatic rings. The Bertz CT molecular complexity index is 208. The summed E-state index contributed by atoms with van der Waals surface area (Å²) in [4.78, 5) is 2.72. The fourth-order valence-corrected chi connectivity index (χ4v) is 2.49. The van der Waals surface area contributed by atoms with Crippen LogP contribution in [0.3, 0.4) is 0 Å². The van der Waals surface area contributed by atoms with Gasteiger partial charge in [-0.05, 0) is 58.5 Å². The third kappa shape index (κ3) is 6.75. The van der Waals surface area contributed by atoms with Crippen LogP contribution >= 0.6 is 0 Å². The van der Waals surface area contributed by atoms with Crippen LogP contribution in [0.2, 0.25) is 0 Å². The number of nitrogens with one attached hydrogen (secondary N) is 1. The first-order valence-electron chi connectivity index (χ1n) is 7.66. The van der Waals surface area contributed by atoms with Gasteiger partial charge in [0.1, 0.15) is 0 Å². The van der Waals surface area contributed by atoms with Gasteiger partial charge >= 0.3 is 0 Å². The molecule has 1 unspecified atom stereocenters. The van der Waals surface area contributed by atoms with E-state index in [1.807, 2.05) is 0 Å². The molecule has 1 heterocycles. The monoisotopic (exact) mass is 254 g/mol. The summed E-state index contributed by atoms with van der Waals surface area (Å²) in [5, 5.41) is 3.68. The van der Waals surface area contributed by atoms with E-state index in [2.05, 4.69) is 51.8 Å². The zero-order valence-corrected chi connectivity index (χ0v) is 13.5. The van der Waals surface area contributed by atoms with Gasteiger partial charge in [-0.2, -0.15) is 0 Å². The summed E-state index contributed by atoms with van der Waals surface area (Å²) >= 11 is 0. The quantitative estimate of drug-likeness (QED) is 0.823.